The number of likely N-dealkylation sites (tertiary alicyclic amines) is 1. The molecule has 2 fully saturated rings. The number of nitrogens with two attached hydrogens (primary N) is 1. The number of carboxylic acid groups (broad SMARTS) is 1. The maximum Gasteiger partial charge on any atom is 0.341 e. The van der Waals surface area contributed by atoms with E-state index in [1.54, 1.807) is 12.1 Å². The van der Waals surface area contributed by atoms with Crippen molar-refractivity contribution in [1.82, 2.24) is 19.7 Å². The highest BCUT2D eigenvalue weighted by molar-refractivity contribution is 5.92. The number of piperidine rings is 1. The number of hydrogen-bond acceptors (Lipinski definition) is 6. The van der Waals surface area contributed by atoms with E-state index >= 15 is 0 Å². The molecule has 9 heteroatoms. The summed E-state index contributed by atoms with van der Waals surface area (Å²) in [5.74, 6) is 0.785. The Morgan fingerprint density at radius 2 is 1.86 bits per heavy atom. The molecule has 0 bridgehead atoms. The Kier molecular flexibility index (Phi) is 8.85. The van der Waals surface area contributed by atoms with E-state index in [2.05, 4.69) is 47.9 Å². The number of aromatic nitrogens is 3. The van der Waals surface area contributed by atoms with Crippen LogP contribution in [0.25, 0.3) is 11.4 Å². The number of nitrogens with zero attached hydrogens (tertiary/aromatic N) is 4. The first-order chi connectivity index (χ1) is 20.4. The lowest BCUT2D eigenvalue weighted by Gasteiger charge is -2.32. The fourth-order valence-corrected chi connectivity index (χ4v) is 5.17. The third-order valence-electron chi connectivity index (χ3n) is 7.80. The monoisotopic (exact) mass is 567 g/mol. The molecule has 5 rings (SSSR count). The maximum atomic E-state index is 12.4. The van der Waals surface area contributed by atoms with Gasteiger partial charge >= 0.3 is 5.97 Å². The third kappa shape index (κ3) is 6.62. The smallest absolute Gasteiger partial charge is 0.341 e. The lowest BCUT2D eigenvalue weighted by atomic mass is 9.89. The van der Waals surface area contributed by atoms with Crippen LogP contribution in [0.4, 0.5) is 5.82 Å². The fraction of sp³-hybridized carbons (Fsp3) is 0.333. The summed E-state index contributed by atoms with van der Waals surface area (Å²) in [6.45, 7) is 8.26. The first kappa shape index (κ1) is 28.9. The number of rotatable bonds is 11. The number of benzene rings is 1. The molecule has 9 nitrogen and oxygen atoms in total. The van der Waals surface area contributed by atoms with Crippen molar-refractivity contribution in [1.29, 1.82) is 0 Å². The topological polar surface area (TPSA) is 124 Å². The lowest BCUT2D eigenvalue weighted by Crippen LogP contribution is -2.38. The molecule has 3 heterocycles. The quantitative estimate of drug-likeness (QED) is 0.224. The SMILES string of the molecule is C=C(OCc1ccc(C2CCN(C(=O)C3CC3)CC2)cc1)C(=CC=CCC)c1cccc(-n2ncc(C(=O)O)c2N)n1. The van der Waals surface area contributed by atoms with Crippen LogP contribution in [0.1, 0.15) is 72.1 Å². The number of aromatic carboxylic acids is 1. The summed E-state index contributed by atoms with van der Waals surface area (Å²) in [6.07, 6.45) is 12.0. The van der Waals surface area contributed by atoms with E-state index in [1.165, 1.54) is 16.4 Å². The average molecular weight is 568 g/mol. The summed E-state index contributed by atoms with van der Waals surface area (Å²) < 4.78 is 7.43. The molecule has 218 valence electrons. The van der Waals surface area contributed by atoms with Crippen molar-refractivity contribution in [3.05, 3.63) is 102 Å². The average Bonchev–Trinajstić information content (AvgIpc) is 3.79. The summed E-state index contributed by atoms with van der Waals surface area (Å²) in [5, 5.41) is 13.4. The molecule has 1 amide bonds. The Labute approximate surface area is 246 Å². The summed E-state index contributed by atoms with van der Waals surface area (Å²) in [6, 6.07) is 13.8. The van der Waals surface area contributed by atoms with E-state index in [0.29, 0.717) is 41.3 Å². The first-order valence-corrected chi connectivity index (χ1v) is 14.5. The molecule has 1 aliphatic carbocycles. The van der Waals surface area contributed by atoms with Crippen molar-refractivity contribution in [2.45, 2.75) is 51.6 Å². The van der Waals surface area contributed by atoms with Crippen molar-refractivity contribution in [3.63, 3.8) is 0 Å². The molecular formula is C33H37N5O4. The maximum absolute atomic E-state index is 12.4. The second-order valence-corrected chi connectivity index (χ2v) is 10.8. The Bertz CT molecular complexity index is 1510. The molecule has 1 saturated carbocycles. The molecule has 1 saturated heterocycles. The molecule has 1 aromatic carbocycles. The van der Waals surface area contributed by atoms with Crippen LogP contribution in [0.5, 0.6) is 0 Å². The second-order valence-electron chi connectivity index (χ2n) is 10.8. The van der Waals surface area contributed by atoms with Crippen molar-refractivity contribution in [2.75, 3.05) is 18.8 Å². The van der Waals surface area contributed by atoms with Gasteiger partial charge in [-0.15, -0.1) is 0 Å². The molecule has 0 atom stereocenters. The van der Waals surface area contributed by atoms with E-state index in [4.69, 9.17) is 10.5 Å². The standard InChI is InChI=1S/C33H37N5O4/c1-3-4-5-7-27(29-8-6-9-30(36-29)38-31(34)28(20-35-38)33(40)41)22(2)42-21-23-10-12-24(13-11-23)25-16-18-37(19-17-25)32(39)26-14-15-26/h4-13,20,25-26H,2-3,14-19,21,34H2,1H3,(H,40,41). The molecule has 2 aliphatic rings. The van der Waals surface area contributed by atoms with E-state index in [1.807, 2.05) is 29.2 Å². The number of carboxylic acids is 1. The number of nitrogen functional groups attached to an aromatic ring is 1. The molecule has 1 aliphatic heterocycles. The predicted molar refractivity (Wildman–Crippen MR) is 162 cm³/mol. The molecule has 42 heavy (non-hydrogen) atoms. The molecule has 0 spiro atoms. The van der Waals surface area contributed by atoms with Crippen molar-refractivity contribution >= 4 is 23.3 Å². The highest BCUT2D eigenvalue weighted by Crippen LogP contribution is 2.34. The van der Waals surface area contributed by atoms with Gasteiger partial charge in [0.15, 0.2) is 5.82 Å². The van der Waals surface area contributed by atoms with Crippen LogP contribution in [0.3, 0.4) is 0 Å². The summed E-state index contributed by atoms with van der Waals surface area (Å²) in [7, 11) is 0. The number of carbonyl (C=O) groups excluding carboxylic acids is 1. The van der Waals surface area contributed by atoms with Crippen LogP contribution >= 0.6 is 0 Å². The number of pyridine rings is 1. The van der Waals surface area contributed by atoms with Crippen molar-refractivity contribution in [3.8, 4) is 5.82 Å². The number of allylic oxidation sites excluding steroid dienone is 4. The van der Waals surface area contributed by atoms with Crippen LogP contribution in [0, 0.1) is 5.92 Å². The van der Waals surface area contributed by atoms with Gasteiger partial charge in [0.2, 0.25) is 5.91 Å². The van der Waals surface area contributed by atoms with Gasteiger partial charge < -0.3 is 20.5 Å². The number of hydrogen-bond donors (Lipinski definition) is 2. The van der Waals surface area contributed by atoms with Gasteiger partial charge in [-0.25, -0.2) is 9.78 Å². The third-order valence-corrected chi connectivity index (χ3v) is 7.80. The van der Waals surface area contributed by atoms with E-state index in [9.17, 15) is 14.7 Å². The van der Waals surface area contributed by atoms with Gasteiger partial charge in [-0.1, -0.05) is 56.0 Å². The number of amides is 1. The molecular weight excluding hydrogens is 530 g/mol. The van der Waals surface area contributed by atoms with Gasteiger partial charge in [-0.2, -0.15) is 9.78 Å². The molecule has 3 N–H and O–H groups in total. The van der Waals surface area contributed by atoms with Crippen LogP contribution in [-0.2, 0) is 16.1 Å². The van der Waals surface area contributed by atoms with Gasteiger partial charge in [0.25, 0.3) is 0 Å². The molecule has 0 unspecified atom stereocenters. The Morgan fingerprint density at radius 3 is 2.50 bits per heavy atom. The zero-order valence-electron chi connectivity index (χ0n) is 23.9. The van der Waals surface area contributed by atoms with Crippen molar-refractivity contribution < 1.29 is 19.4 Å². The lowest BCUT2D eigenvalue weighted by molar-refractivity contribution is -0.133. The molecule has 0 radical (unpaired) electrons. The number of ether oxygens (including phenoxy) is 1. The van der Waals surface area contributed by atoms with Gasteiger partial charge in [0.1, 0.15) is 23.7 Å². The fourth-order valence-electron chi connectivity index (χ4n) is 5.17. The number of anilines is 1. The van der Waals surface area contributed by atoms with Crippen LogP contribution < -0.4 is 5.73 Å². The molecule has 2 aromatic heterocycles. The largest absolute Gasteiger partial charge is 0.489 e. The summed E-state index contributed by atoms with van der Waals surface area (Å²) in [5.41, 5.74) is 9.53. The number of carbonyl (C=O) groups is 2. The first-order valence-electron chi connectivity index (χ1n) is 14.5. The summed E-state index contributed by atoms with van der Waals surface area (Å²) in [4.78, 5) is 30.5. The van der Waals surface area contributed by atoms with Gasteiger partial charge in [-0.05, 0) is 67.4 Å². The highest BCUT2D eigenvalue weighted by Gasteiger charge is 2.35. The minimum absolute atomic E-state index is 0.000573. The van der Waals surface area contributed by atoms with Crippen LogP contribution in [0.2, 0.25) is 0 Å². The van der Waals surface area contributed by atoms with E-state index < -0.39 is 5.97 Å². The zero-order chi connectivity index (χ0) is 29.6. The van der Waals surface area contributed by atoms with Gasteiger partial charge in [0.05, 0.1) is 11.9 Å². The minimum atomic E-state index is -1.15. The van der Waals surface area contributed by atoms with E-state index in [0.717, 1.165) is 50.8 Å². The van der Waals surface area contributed by atoms with E-state index in [-0.39, 0.29) is 17.3 Å². The minimum Gasteiger partial charge on any atom is -0.489 e. The van der Waals surface area contributed by atoms with Gasteiger partial charge in [-0.3, -0.25) is 4.79 Å². The predicted octanol–water partition coefficient (Wildman–Crippen LogP) is 5.74. The Balaban J connectivity index is 1.24. The second kappa shape index (κ2) is 12.9. The normalized spacial score (nSPS) is 16.1. The summed E-state index contributed by atoms with van der Waals surface area (Å²) >= 11 is 0. The Hall–Kier alpha value is -4.66. The van der Waals surface area contributed by atoms with Crippen molar-refractivity contribution in [2.24, 2.45) is 5.92 Å². The van der Waals surface area contributed by atoms with Gasteiger partial charge in [0, 0.05) is 24.6 Å². The zero-order valence-corrected chi connectivity index (χ0v) is 23.9. The molecule has 3 aromatic rings. The van der Waals surface area contributed by atoms with Crippen LogP contribution in [-0.4, -0.2) is 49.7 Å². The Morgan fingerprint density at radius 1 is 1.12 bits per heavy atom. The van der Waals surface area contributed by atoms with Crippen LogP contribution in [0.15, 0.2) is 79.2 Å². The highest BCUT2D eigenvalue weighted by atomic mass is 16.5.